The molecule has 0 bridgehead atoms. The first-order chi connectivity index (χ1) is 14.2. The van der Waals surface area contributed by atoms with Crippen LogP contribution in [-0.2, 0) is 0 Å². The predicted octanol–water partition coefficient (Wildman–Crippen LogP) is 11.4. The SMILES string of the molecule is Br.CCCCCCCC[PH](CCCC)(CCCCCCCC)CCCCCCCC.N. The molecule has 0 aromatic carbocycles. The fourth-order valence-electron chi connectivity index (χ4n) is 5.14. The Bertz CT molecular complexity index is 271. The van der Waals surface area contributed by atoms with Crippen molar-refractivity contribution in [2.45, 2.75) is 156 Å². The molecule has 0 heterocycles. The monoisotopic (exact) mass is 525 g/mol. The van der Waals surface area contributed by atoms with Gasteiger partial charge in [0.15, 0.2) is 0 Å². The van der Waals surface area contributed by atoms with Crippen LogP contribution in [0.5, 0.6) is 0 Å². The van der Waals surface area contributed by atoms with Gasteiger partial charge in [0, 0.05) is 0 Å². The number of hydrogen-bond acceptors (Lipinski definition) is 1. The summed E-state index contributed by atoms with van der Waals surface area (Å²) in [5.74, 6) is 0. The summed E-state index contributed by atoms with van der Waals surface area (Å²) in [7, 11) is -1.02. The minimum atomic E-state index is -1.02. The van der Waals surface area contributed by atoms with Crippen LogP contribution >= 0.6 is 24.2 Å². The Balaban J connectivity index is -0.00000392. The Morgan fingerprint density at radius 3 is 0.839 bits per heavy atom. The zero-order valence-corrected chi connectivity index (χ0v) is 25.3. The Morgan fingerprint density at radius 2 is 0.548 bits per heavy atom. The maximum absolute atomic E-state index is 2.42. The van der Waals surface area contributed by atoms with Crippen LogP contribution < -0.4 is 6.15 Å². The van der Waals surface area contributed by atoms with Crippen LogP contribution in [0.3, 0.4) is 0 Å². The maximum Gasteiger partial charge on any atom is -0.344 e. The summed E-state index contributed by atoms with van der Waals surface area (Å²) in [6.45, 7) is 9.43. The molecule has 31 heavy (non-hydrogen) atoms. The smallest absolute Gasteiger partial charge is 0.344 e. The van der Waals surface area contributed by atoms with Crippen LogP contribution in [0.25, 0.3) is 0 Å². The molecule has 0 amide bonds. The van der Waals surface area contributed by atoms with Gasteiger partial charge in [0.1, 0.15) is 0 Å². The van der Waals surface area contributed by atoms with Crippen molar-refractivity contribution in [1.82, 2.24) is 6.15 Å². The Morgan fingerprint density at radius 1 is 0.323 bits per heavy atom. The molecule has 0 aromatic rings. The van der Waals surface area contributed by atoms with Crippen LogP contribution in [-0.4, -0.2) is 24.6 Å². The average Bonchev–Trinajstić information content (AvgIpc) is 2.74. The van der Waals surface area contributed by atoms with Gasteiger partial charge in [-0.3, -0.25) is 0 Å². The van der Waals surface area contributed by atoms with E-state index in [0.717, 1.165) is 0 Å². The average molecular weight is 527 g/mol. The van der Waals surface area contributed by atoms with Gasteiger partial charge in [0.2, 0.25) is 0 Å². The molecule has 3 heteroatoms. The molecule has 0 fully saturated rings. The summed E-state index contributed by atoms with van der Waals surface area (Å²) in [6, 6.07) is 0. The largest absolute Gasteiger partial charge is 0.344 e. The number of unbranched alkanes of at least 4 members (excludes halogenated alkanes) is 16. The van der Waals surface area contributed by atoms with Crippen molar-refractivity contribution in [3.8, 4) is 0 Å². The van der Waals surface area contributed by atoms with Crippen molar-refractivity contribution in [2.24, 2.45) is 0 Å². The summed E-state index contributed by atoms with van der Waals surface area (Å²) in [5.41, 5.74) is 0. The molecule has 0 radical (unpaired) electrons. The second-order valence-electron chi connectivity index (χ2n) is 10.2. The molecule has 194 valence electrons. The quantitative estimate of drug-likeness (QED) is 0.0985. The van der Waals surface area contributed by atoms with Crippen molar-refractivity contribution in [2.75, 3.05) is 24.6 Å². The Labute approximate surface area is 210 Å². The van der Waals surface area contributed by atoms with Gasteiger partial charge in [-0.2, -0.15) is 0 Å². The van der Waals surface area contributed by atoms with Crippen LogP contribution in [0.2, 0.25) is 0 Å². The van der Waals surface area contributed by atoms with Gasteiger partial charge in [-0.1, -0.05) is 0 Å². The summed E-state index contributed by atoms with van der Waals surface area (Å²) in [6.07, 6.45) is 36.3. The zero-order chi connectivity index (χ0) is 21.5. The molecule has 0 aliphatic rings. The molecule has 1 nitrogen and oxygen atoms in total. The van der Waals surface area contributed by atoms with E-state index in [1.54, 1.807) is 43.9 Å². The van der Waals surface area contributed by atoms with Gasteiger partial charge in [-0.05, 0) is 0 Å². The van der Waals surface area contributed by atoms with E-state index in [1.807, 2.05) is 0 Å². The first kappa shape index (κ1) is 36.4. The van der Waals surface area contributed by atoms with E-state index in [4.69, 9.17) is 0 Å². The van der Waals surface area contributed by atoms with Gasteiger partial charge < -0.3 is 6.15 Å². The van der Waals surface area contributed by atoms with Gasteiger partial charge >= 0.3 is 188 Å². The summed E-state index contributed by atoms with van der Waals surface area (Å²) >= 11 is 0. The van der Waals surface area contributed by atoms with Crippen LogP contribution in [0.1, 0.15) is 156 Å². The second kappa shape index (κ2) is 28.9. The third-order valence-electron chi connectivity index (χ3n) is 7.24. The molecular weight excluding hydrogens is 461 g/mol. The van der Waals surface area contributed by atoms with Gasteiger partial charge in [0.05, 0.1) is 0 Å². The maximum atomic E-state index is 2.42. The van der Waals surface area contributed by atoms with Crippen molar-refractivity contribution in [3.05, 3.63) is 0 Å². The number of halogens is 1. The van der Waals surface area contributed by atoms with Crippen molar-refractivity contribution in [3.63, 3.8) is 0 Å². The molecule has 0 aliphatic heterocycles. The standard InChI is InChI=1S/C28H61P.BrH.H3N/c1-5-9-13-16-19-22-26-29(25-12-8-4,27-23-20-17-14-10-6-2)28-24-21-18-15-11-7-3;;/h29H,5-28H2,1-4H3;1H;1H3. The number of rotatable bonds is 24. The molecular formula is C28H65BrNP. The zero-order valence-electron chi connectivity index (χ0n) is 22.6. The summed E-state index contributed by atoms with van der Waals surface area (Å²) in [5, 5.41) is 0. The molecule has 0 aliphatic carbocycles. The fraction of sp³-hybridized carbons (Fsp3) is 1.00. The van der Waals surface area contributed by atoms with E-state index in [9.17, 15) is 0 Å². The van der Waals surface area contributed by atoms with E-state index >= 15 is 0 Å². The van der Waals surface area contributed by atoms with Crippen LogP contribution in [0, 0.1) is 0 Å². The third-order valence-corrected chi connectivity index (χ3v) is 12.9. The van der Waals surface area contributed by atoms with E-state index in [1.165, 1.54) is 109 Å². The molecule has 3 N–H and O–H groups in total. The minimum Gasteiger partial charge on any atom is -0.344 e. The fourth-order valence-corrected chi connectivity index (χ4v) is 10.7. The topological polar surface area (TPSA) is 35.0 Å². The second-order valence-corrected chi connectivity index (χ2v) is 15.2. The van der Waals surface area contributed by atoms with Crippen molar-refractivity contribution < 1.29 is 0 Å². The Hall–Kier alpha value is 0.870. The Kier molecular flexibility index (Phi) is 34.0. The van der Waals surface area contributed by atoms with E-state index in [2.05, 4.69) is 27.7 Å². The molecule has 0 atom stereocenters. The molecule has 0 unspecified atom stereocenters. The molecule has 0 spiro atoms. The van der Waals surface area contributed by atoms with Crippen molar-refractivity contribution >= 4 is 24.2 Å². The number of hydrogen-bond donors (Lipinski definition) is 1. The van der Waals surface area contributed by atoms with E-state index in [-0.39, 0.29) is 23.1 Å². The van der Waals surface area contributed by atoms with Crippen molar-refractivity contribution in [1.29, 1.82) is 0 Å². The first-order valence-electron chi connectivity index (χ1n) is 14.2. The van der Waals surface area contributed by atoms with Gasteiger partial charge in [0.25, 0.3) is 0 Å². The van der Waals surface area contributed by atoms with Gasteiger partial charge in [-0.25, -0.2) is 0 Å². The van der Waals surface area contributed by atoms with E-state index < -0.39 is 7.26 Å². The first-order valence-corrected chi connectivity index (χ1v) is 17.1. The summed E-state index contributed by atoms with van der Waals surface area (Å²) < 4.78 is 0. The van der Waals surface area contributed by atoms with Crippen LogP contribution in [0.4, 0.5) is 0 Å². The van der Waals surface area contributed by atoms with Gasteiger partial charge in [-0.15, -0.1) is 17.0 Å². The predicted molar refractivity (Wildman–Crippen MR) is 158 cm³/mol. The third kappa shape index (κ3) is 23.8. The van der Waals surface area contributed by atoms with Crippen LogP contribution in [0.15, 0.2) is 0 Å². The molecule has 0 saturated carbocycles. The normalized spacial score (nSPS) is 11.7. The molecule has 0 saturated heterocycles. The summed E-state index contributed by atoms with van der Waals surface area (Å²) in [4.78, 5) is 0. The molecule has 0 aromatic heterocycles. The minimum absolute atomic E-state index is 0. The van der Waals surface area contributed by atoms with E-state index in [0.29, 0.717) is 0 Å². The molecule has 0 rings (SSSR count).